The topological polar surface area (TPSA) is 21.3 Å². The average molecular weight is 205 g/mol. The van der Waals surface area contributed by atoms with Gasteiger partial charge in [0.15, 0.2) is 0 Å². The highest BCUT2D eigenvalue weighted by Crippen LogP contribution is 2.15. The van der Waals surface area contributed by atoms with Crippen LogP contribution < -0.4 is 10.1 Å². The summed E-state index contributed by atoms with van der Waals surface area (Å²) in [6.07, 6.45) is 1.84. The predicted octanol–water partition coefficient (Wildman–Crippen LogP) is 2.46. The molecule has 82 valence electrons. The molecule has 1 aromatic rings. The van der Waals surface area contributed by atoms with Crippen molar-refractivity contribution >= 4 is 0 Å². The molecule has 0 aliphatic rings. The molecule has 0 spiro atoms. The Kier molecular flexibility index (Phi) is 4.91. The van der Waals surface area contributed by atoms with Crippen LogP contribution in [-0.2, 0) is 0 Å². The second kappa shape index (κ2) is 6.25. The summed E-state index contributed by atoms with van der Waals surface area (Å²) in [5.74, 6) is 0.952. The molecule has 0 aliphatic carbocycles. The zero-order chi connectivity index (χ0) is 11.1. The van der Waals surface area contributed by atoms with E-state index in [0.717, 1.165) is 18.8 Å². The summed E-state index contributed by atoms with van der Waals surface area (Å²) in [6, 6.07) is 6.25. The van der Waals surface area contributed by atoms with Crippen LogP contribution >= 0.6 is 0 Å². The summed E-state index contributed by atoms with van der Waals surface area (Å²) in [7, 11) is 0. The number of benzene rings is 1. The monoisotopic (exact) mass is 205 g/mol. The summed E-state index contributed by atoms with van der Waals surface area (Å²) < 4.78 is 5.62. The third-order valence-electron chi connectivity index (χ3n) is 2.03. The third kappa shape index (κ3) is 4.66. The van der Waals surface area contributed by atoms with Crippen LogP contribution in [0, 0.1) is 13.8 Å². The number of nitrogens with one attached hydrogen (secondary N) is 1. The average Bonchev–Trinajstić information content (AvgIpc) is 2.16. The highest BCUT2D eigenvalue weighted by Gasteiger charge is 1.96. The number of ether oxygens (including phenoxy) is 1. The van der Waals surface area contributed by atoms with Gasteiger partial charge in [0.1, 0.15) is 12.4 Å². The molecule has 0 fully saturated rings. The zero-order valence-electron chi connectivity index (χ0n) is 9.55. The van der Waals surface area contributed by atoms with Crippen molar-refractivity contribution in [2.75, 3.05) is 19.7 Å². The van der Waals surface area contributed by atoms with E-state index < -0.39 is 0 Å². The lowest BCUT2D eigenvalue weighted by Crippen LogP contribution is -2.20. The van der Waals surface area contributed by atoms with Gasteiger partial charge in [-0.3, -0.25) is 0 Å². The molecule has 1 rings (SSSR count). The molecule has 0 aromatic heterocycles. The van der Waals surface area contributed by atoms with Crippen molar-refractivity contribution in [2.45, 2.75) is 13.8 Å². The second-order valence-electron chi connectivity index (χ2n) is 3.66. The van der Waals surface area contributed by atoms with Gasteiger partial charge >= 0.3 is 0 Å². The molecule has 0 amide bonds. The Morgan fingerprint density at radius 1 is 1.27 bits per heavy atom. The van der Waals surface area contributed by atoms with Crippen molar-refractivity contribution < 1.29 is 4.74 Å². The minimum absolute atomic E-state index is 0.691. The van der Waals surface area contributed by atoms with Crippen molar-refractivity contribution in [3.05, 3.63) is 42.0 Å². The number of hydrogen-bond donors (Lipinski definition) is 1. The highest BCUT2D eigenvalue weighted by atomic mass is 16.5. The van der Waals surface area contributed by atoms with Gasteiger partial charge in [0, 0.05) is 13.1 Å². The molecule has 0 bridgehead atoms. The standard InChI is InChI=1S/C13H19NO/c1-4-5-14-6-7-15-13-9-11(2)8-12(3)10-13/h4,8-10,14H,1,5-7H2,2-3H3. The Bertz CT molecular complexity index is 300. The molecule has 0 saturated heterocycles. The van der Waals surface area contributed by atoms with E-state index in [2.05, 4.69) is 43.9 Å². The summed E-state index contributed by atoms with van der Waals surface area (Å²) in [4.78, 5) is 0. The summed E-state index contributed by atoms with van der Waals surface area (Å²) in [5.41, 5.74) is 2.48. The van der Waals surface area contributed by atoms with E-state index in [1.807, 2.05) is 6.08 Å². The van der Waals surface area contributed by atoms with Crippen LogP contribution in [0.15, 0.2) is 30.9 Å². The molecule has 1 aromatic carbocycles. The van der Waals surface area contributed by atoms with Gasteiger partial charge < -0.3 is 10.1 Å². The molecular weight excluding hydrogens is 186 g/mol. The van der Waals surface area contributed by atoms with Gasteiger partial charge in [-0.1, -0.05) is 12.1 Å². The molecule has 0 radical (unpaired) electrons. The maximum Gasteiger partial charge on any atom is 0.119 e. The van der Waals surface area contributed by atoms with E-state index >= 15 is 0 Å². The SMILES string of the molecule is C=CCNCCOc1cc(C)cc(C)c1. The van der Waals surface area contributed by atoms with Crippen molar-refractivity contribution in [3.8, 4) is 5.75 Å². The van der Waals surface area contributed by atoms with Crippen LogP contribution in [0.3, 0.4) is 0 Å². The first-order valence-corrected chi connectivity index (χ1v) is 5.25. The van der Waals surface area contributed by atoms with Crippen molar-refractivity contribution in [2.24, 2.45) is 0 Å². The Balaban J connectivity index is 2.33. The number of hydrogen-bond acceptors (Lipinski definition) is 2. The van der Waals surface area contributed by atoms with Gasteiger partial charge in [-0.25, -0.2) is 0 Å². The lowest BCUT2D eigenvalue weighted by atomic mass is 10.1. The molecule has 2 nitrogen and oxygen atoms in total. The van der Waals surface area contributed by atoms with Crippen LogP contribution in [0.25, 0.3) is 0 Å². The van der Waals surface area contributed by atoms with Gasteiger partial charge in [-0.05, 0) is 37.1 Å². The molecule has 0 atom stereocenters. The van der Waals surface area contributed by atoms with Crippen LogP contribution in [0.1, 0.15) is 11.1 Å². The molecule has 0 aliphatic heterocycles. The van der Waals surface area contributed by atoms with Gasteiger partial charge in [-0.2, -0.15) is 0 Å². The van der Waals surface area contributed by atoms with Crippen LogP contribution in [0.5, 0.6) is 5.75 Å². The van der Waals surface area contributed by atoms with Crippen LogP contribution in [0.4, 0.5) is 0 Å². The van der Waals surface area contributed by atoms with Gasteiger partial charge in [0.2, 0.25) is 0 Å². The maximum atomic E-state index is 5.62. The van der Waals surface area contributed by atoms with E-state index in [0.29, 0.717) is 6.61 Å². The molecule has 15 heavy (non-hydrogen) atoms. The molecular formula is C13H19NO. The lowest BCUT2D eigenvalue weighted by molar-refractivity contribution is 0.316. The second-order valence-corrected chi connectivity index (χ2v) is 3.66. The first kappa shape index (κ1) is 11.8. The summed E-state index contributed by atoms with van der Waals surface area (Å²) in [6.45, 7) is 10.2. The molecule has 0 unspecified atom stereocenters. The third-order valence-corrected chi connectivity index (χ3v) is 2.03. The van der Waals surface area contributed by atoms with Crippen molar-refractivity contribution in [1.29, 1.82) is 0 Å². The number of rotatable bonds is 6. The summed E-state index contributed by atoms with van der Waals surface area (Å²) in [5, 5.41) is 3.19. The van der Waals surface area contributed by atoms with Crippen molar-refractivity contribution in [1.82, 2.24) is 5.32 Å². The Labute approximate surface area is 92.0 Å². The molecule has 1 N–H and O–H groups in total. The van der Waals surface area contributed by atoms with E-state index in [1.54, 1.807) is 0 Å². The fourth-order valence-corrected chi connectivity index (χ4v) is 1.46. The van der Waals surface area contributed by atoms with Gasteiger partial charge in [0.05, 0.1) is 0 Å². The maximum absolute atomic E-state index is 5.62. The van der Waals surface area contributed by atoms with E-state index in [1.165, 1.54) is 11.1 Å². The molecule has 2 heteroatoms. The Morgan fingerprint density at radius 3 is 2.53 bits per heavy atom. The quantitative estimate of drug-likeness (QED) is 0.569. The van der Waals surface area contributed by atoms with E-state index in [4.69, 9.17) is 4.74 Å². The Morgan fingerprint density at radius 2 is 1.93 bits per heavy atom. The largest absolute Gasteiger partial charge is 0.492 e. The fraction of sp³-hybridized carbons (Fsp3) is 0.385. The first-order valence-electron chi connectivity index (χ1n) is 5.25. The summed E-state index contributed by atoms with van der Waals surface area (Å²) >= 11 is 0. The van der Waals surface area contributed by atoms with Crippen LogP contribution in [-0.4, -0.2) is 19.7 Å². The zero-order valence-corrected chi connectivity index (χ0v) is 9.55. The smallest absolute Gasteiger partial charge is 0.119 e. The molecule has 0 heterocycles. The minimum Gasteiger partial charge on any atom is -0.492 e. The number of aryl methyl sites for hydroxylation is 2. The first-order chi connectivity index (χ1) is 7.22. The normalized spacial score (nSPS) is 10.0. The highest BCUT2D eigenvalue weighted by molar-refractivity contribution is 5.32. The van der Waals surface area contributed by atoms with Gasteiger partial charge in [0.25, 0.3) is 0 Å². The molecule has 0 saturated carbocycles. The van der Waals surface area contributed by atoms with Crippen molar-refractivity contribution in [3.63, 3.8) is 0 Å². The van der Waals surface area contributed by atoms with E-state index in [-0.39, 0.29) is 0 Å². The van der Waals surface area contributed by atoms with E-state index in [9.17, 15) is 0 Å². The van der Waals surface area contributed by atoms with Crippen LogP contribution in [0.2, 0.25) is 0 Å². The predicted molar refractivity (Wildman–Crippen MR) is 64.5 cm³/mol. The minimum atomic E-state index is 0.691. The fourth-order valence-electron chi connectivity index (χ4n) is 1.46. The van der Waals surface area contributed by atoms with Gasteiger partial charge in [-0.15, -0.1) is 6.58 Å². The Hall–Kier alpha value is -1.28. The lowest BCUT2D eigenvalue weighted by Gasteiger charge is -2.08.